The Morgan fingerprint density at radius 1 is 1.11 bits per heavy atom. The summed E-state index contributed by atoms with van der Waals surface area (Å²) in [6.45, 7) is 0.442. The third-order valence-electron chi connectivity index (χ3n) is 2.84. The quantitative estimate of drug-likeness (QED) is 0.510. The molecular formula is C14H20ClF2N. The summed E-state index contributed by atoms with van der Waals surface area (Å²) in [6, 6.07) is 7.98. The summed E-state index contributed by atoms with van der Waals surface area (Å²) >= 11 is 5.57. The van der Waals surface area contributed by atoms with Crippen LogP contribution < -0.4 is 0 Å². The maximum Gasteiger partial charge on any atom is 0.285 e. The van der Waals surface area contributed by atoms with Crippen LogP contribution in [0.15, 0.2) is 30.3 Å². The lowest BCUT2D eigenvalue weighted by molar-refractivity contribution is -0.0323. The second kappa shape index (κ2) is 7.70. The lowest BCUT2D eigenvalue weighted by Gasteiger charge is -2.24. The molecule has 0 aromatic heterocycles. The molecule has 4 heteroatoms. The fourth-order valence-electron chi connectivity index (χ4n) is 1.84. The summed E-state index contributed by atoms with van der Waals surface area (Å²) in [5.41, 5.74) is 0.0811. The van der Waals surface area contributed by atoms with Crippen molar-refractivity contribution in [2.24, 2.45) is 0 Å². The van der Waals surface area contributed by atoms with Gasteiger partial charge in [0, 0.05) is 11.4 Å². The Morgan fingerprint density at radius 2 is 1.78 bits per heavy atom. The van der Waals surface area contributed by atoms with Gasteiger partial charge >= 0.3 is 0 Å². The number of likely N-dealkylation sites (N-methyl/N-ethyl adjacent to an activating group) is 1. The molecule has 1 aromatic rings. The molecule has 102 valence electrons. The van der Waals surface area contributed by atoms with Crippen LogP contribution in [0.1, 0.15) is 24.8 Å². The van der Waals surface area contributed by atoms with Crippen LogP contribution in [0.25, 0.3) is 0 Å². The predicted molar refractivity (Wildman–Crippen MR) is 72.4 cm³/mol. The van der Waals surface area contributed by atoms with E-state index in [4.69, 9.17) is 11.6 Å². The van der Waals surface area contributed by atoms with Crippen LogP contribution in [0.4, 0.5) is 8.78 Å². The van der Waals surface area contributed by atoms with Crippen LogP contribution in [0.3, 0.4) is 0 Å². The lowest BCUT2D eigenvalue weighted by atomic mass is 10.1. The average molecular weight is 276 g/mol. The molecule has 1 aromatic carbocycles. The Morgan fingerprint density at radius 3 is 2.39 bits per heavy atom. The minimum Gasteiger partial charge on any atom is -0.300 e. The van der Waals surface area contributed by atoms with Crippen LogP contribution in [-0.2, 0) is 5.92 Å². The van der Waals surface area contributed by atoms with E-state index in [2.05, 4.69) is 0 Å². The van der Waals surface area contributed by atoms with E-state index < -0.39 is 5.92 Å². The number of nitrogens with zero attached hydrogens (tertiary/aromatic N) is 1. The van der Waals surface area contributed by atoms with Crippen molar-refractivity contribution in [3.05, 3.63) is 35.9 Å². The number of alkyl halides is 3. The van der Waals surface area contributed by atoms with Crippen molar-refractivity contribution in [1.82, 2.24) is 4.90 Å². The van der Waals surface area contributed by atoms with Gasteiger partial charge in [-0.2, -0.15) is 8.78 Å². The van der Waals surface area contributed by atoms with Gasteiger partial charge in [0.2, 0.25) is 0 Å². The Labute approximate surface area is 113 Å². The largest absolute Gasteiger partial charge is 0.300 e. The zero-order chi connectivity index (χ0) is 13.4. The third-order valence-corrected chi connectivity index (χ3v) is 3.11. The number of hydrogen-bond donors (Lipinski definition) is 0. The maximum atomic E-state index is 13.9. The molecule has 0 amide bonds. The molecule has 0 aliphatic carbocycles. The number of hydrogen-bond acceptors (Lipinski definition) is 1. The third kappa shape index (κ3) is 5.32. The zero-order valence-corrected chi connectivity index (χ0v) is 11.5. The van der Waals surface area contributed by atoms with E-state index in [1.807, 2.05) is 0 Å². The summed E-state index contributed by atoms with van der Waals surface area (Å²) in [4.78, 5) is 1.68. The Balaban J connectivity index is 2.40. The molecule has 0 saturated carbocycles. The van der Waals surface area contributed by atoms with Gasteiger partial charge in [0.05, 0.1) is 6.54 Å². The van der Waals surface area contributed by atoms with E-state index in [9.17, 15) is 8.78 Å². The Kier molecular flexibility index (Phi) is 6.58. The summed E-state index contributed by atoms with van der Waals surface area (Å²) < 4.78 is 27.8. The molecule has 0 aliphatic heterocycles. The molecule has 1 rings (SSSR count). The molecule has 1 nitrogen and oxygen atoms in total. The molecule has 0 saturated heterocycles. The number of unbranched alkanes of at least 4 members (excludes halogenated alkanes) is 2. The molecule has 18 heavy (non-hydrogen) atoms. The highest BCUT2D eigenvalue weighted by Crippen LogP contribution is 2.28. The molecule has 0 atom stereocenters. The lowest BCUT2D eigenvalue weighted by Crippen LogP contribution is -2.33. The highest BCUT2D eigenvalue weighted by molar-refractivity contribution is 6.17. The van der Waals surface area contributed by atoms with E-state index in [1.165, 1.54) is 12.1 Å². The van der Waals surface area contributed by atoms with Crippen LogP contribution in [0.5, 0.6) is 0 Å². The van der Waals surface area contributed by atoms with Gasteiger partial charge in [-0.15, -0.1) is 11.6 Å². The first kappa shape index (κ1) is 15.4. The number of rotatable bonds is 8. The number of halogens is 3. The van der Waals surface area contributed by atoms with E-state index in [-0.39, 0.29) is 12.1 Å². The van der Waals surface area contributed by atoms with E-state index in [0.29, 0.717) is 12.4 Å². The molecule has 0 bridgehead atoms. The highest BCUT2D eigenvalue weighted by atomic mass is 35.5. The topological polar surface area (TPSA) is 3.24 Å². The first-order valence-electron chi connectivity index (χ1n) is 6.24. The van der Waals surface area contributed by atoms with Crippen molar-refractivity contribution in [1.29, 1.82) is 0 Å². The van der Waals surface area contributed by atoms with Crippen molar-refractivity contribution in [3.8, 4) is 0 Å². The molecule has 0 spiro atoms. The van der Waals surface area contributed by atoms with E-state index >= 15 is 0 Å². The summed E-state index contributed by atoms with van der Waals surface area (Å²) in [5.74, 6) is -2.15. The van der Waals surface area contributed by atoms with Gasteiger partial charge < -0.3 is 4.90 Å². The molecular weight excluding hydrogens is 256 g/mol. The van der Waals surface area contributed by atoms with Crippen LogP contribution in [0.2, 0.25) is 0 Å². The van der Waals surface area contributed by atoms with E-state index in [0.717, 1.165) is 19.3 Å². The Bertz CT molecular complexity index is 330. The van der Waals surface area contributed by atoms with E-state index in [1.54, 1.807) is 30.1 Å². The molecule has 0 fully saturated rings. The van der Waals surface area contributed by atoms with Gasteiger partial charge in [-0.3, -0.25) is 0 Å². The SMILES string of the molecule is CN(CCCCCCl)CC(F)(F)c1ccccc1. The first-order valence-corrected chi connectivity index (χ1v) is 6.77. The summed E-state index contributed by atoms with van der Waals surface area (Å²) in [6.07, 6.45) is 2.85. The fraction of sp³-hybridized carbons (Fsp3) is 0.571. The fourth-order valence-corrected chi connectivity index (χ4v) is 2.03. The van der Waals surface area contributed by atoms with Crippen molar-refractivity contribution in [2.45, 2.75) is 25.2 Å². The summed E-state index contributed by atoms with van der Waals surface area (Å²) in [7, 11) is 1.73. The highest BCUT2D eigenvalue weighted by Gasteiger charge is 2.32. The van der Waals surface area contributed by atoms with Gasteiger partial charge in [-0.1, -0.05) is 36.8 Å². The zero-order valence-electron chi connectivity index (χ0n) is 10.7. The minimum absolute atomic E-state index is 0.0811. The maximum absolute atomic E-state index is 13.9. The van der Waals surface area contributed by atoms with Crippen LogP contribution >= 0.6 is 11.6 Å². The van der Waals surface area contributed by atoms with Crippen molar-refractivity contribution in [2.75, 3.05) is 26.0 Å². The second-order valence-electron chi connectivity index (χ2n) is 4.56. The summed E-state index contributed by atoms with van der Waals surface area (Å²) in [5, 5.41) is 0. The number of benzene rings is 1. The second-order valence-corrected chi connectivity index (χ2v) is 4.94. The van der Waals surface area contributed by atoms with Gasteiger partial charge in [0.1, 0.15) is 0 Å². The molecule has 0 aliphatic rings. The monoisotopic (exact) mass is 275 g/mol. The average Bonchev–Trinajstić information content (AvgIpc) is 2.35. The van der Waals surface area contributed by atoms with Crippen molar-refractivity contribution in [3.63, 3.8) is 0 Å². The normalized spacial score (nSPS) is 12.1. The van der Waals surface area contributed by atoms with Crippen LogP contribution in [-0.4, -0.2) is 30.9 Å². The van der Waals surface area contributed by atoms with Crippen molar-refractivity contribution < 1.29 is 8.78 Å². The Hall–Kier alpha value is -0.670. The smallest absolute Gasteiger partial charge is 0.285 e. The molecule has 0 unspecified atom stereocenters. The first-order chi connectivity index (χ1) is 8.56. The van der Waals surface area contributed by atoms with Gasteiger partial charge in [-0.05, 0) is 26.4 Å². The predicted octanol–water partition coefficient (Wildman–Crippen LogP) is 4.12. The van der Waals surface area contributed by atoms with Gasteiger partial charge in [-0.25, -0.2) is 0 Å². The molecule has 0 N–H and O–H groups in total. The van der Waals surface area contributed by atoms with Gasteiger partial charge in [0.25, 0.3) is 5.92 Å². The minimum atomic E-state index is -2.79. The van der Waals surface area contributed by atoms with Crippen LogP contribution in [0, 0.1) is 0 Å². The standard InChI is InChI=1S/C14H20ClF2N/c1-18(11-7-3-6-10-15)12-14(16,17)13-8-4-2-5-9-13/h2,4-5,8-9H,3,6-7,10-12H2,1H3. The van der Waals surface area contributed by atoms with Crippen molar-refractivity contribution >= 4 is 11.6 Å². The molecule has 0 radical (unpaired) electrons. The molecule has 0 heterocycles. The van der Waals surface area contributed by atoms with Gasteiger partial charge in [0.15, 0.2) is 0 Å².